The second-order valence-electron chi connectivity index (χ2n) is 6.28. The van der Waals surface area contributed by atoms with Crippen molar-refractivity contribution in [3.63, 3.8) is 0 Å². The van der Waals surface area contributed by atoms with Crippen molar-refractivity contribution in [2.75, 3.05) is 13.1 Å². The number of rotatable bonds is 5. The van der Waals surface area contributed by atoms with Crippen molar-refractivity contribution in [2.45, 2.75) is 31.7 Å². The van der Waals surface area contributed by atoms with E-state index in [1.165, 1.54) is 12.1 Å². The van der Waals surface area contributed by atoms with Crippen LogP contribution in [0.5, 0.6) is 0 Å². The third-order valence-corrected chi connectivity index (χ3v) is 4.50. The van der Waals surface area contributed by atoms with Gasteiger partial charge in [-0.15, -0.1) is 0 Å². The number of hydrogen-bond acceptors (Lipinski definition) is 3. The predicted molar refractivity (Wildman–Crippen MR) is 92.2 cm³/mol. The molecule has 5 heteroatoms. The first-order valence-electron chi connectivity index (χ1n) is 8.51. The van der Waals surface area contributed by atoms with E-state index in [0.717, 1.165) is 18.4 Å². The van der Waals surface area contributed by atoms with Crippen LogP contribution in [0.2, 0.25) is 0 Å². The van der Waals surface area contributed by atoms with Gasteiger partial charge in [0.2, 0.25) is 0 Å². The standard InChI is InChI=1S/C20H22FNO3/c21-17-8-6-15(7-9-17)14-25-18-10-12-22(13-11-18)20(24)19(23)16-4-2-1-3-5-16/h1-9,18-19,23H,10-14H2/t19-/m0/s1. The molecule has 1 aliphatic rings. The van der Waals surface area contributed by atoms with Gasteiger partial charge in [0, 0.05) is 13.1 Å². The maximum atomic E-state index is 12.9. The Kier molecular flexibility index (Phi) is 5.79. The quantitative estimate of drug-likeness (QED) is 0.908. The summed E-state index contributed by atoms with van der Waals surface area (Å²) in [4.78, 5) is 14.1. The number of carbonyl (C=O) groups excluding carboxylic acids is 1. The fourth-order valence-corrected chi connectivity index (χ4v) is 2.99. The molecule has 132 valence electrons. The lowest BCUT2D eigenvalue weighted by Gasteiger charge is -2.33. The van der Waals surface area contributed by atoms with Gasteiger partial charge >= 0.3 is 0 Å². The summed E-state index contributed by atoms with van der Waals surface area (Å²) in [5.74, 6) is -0.518. The summed E-state index contributed by atoms with van der Waals surface area (Å²) in [7, 11) is 0. The molecule has 1 saturated heterocycles. The van der Waals surface area contributed by atoms with E-state index >= 15 is 0 Å². The van der Waals surface area contributed by atoms with Gasteiger partial charge in [0.1, 0.15) is 5.82 Å². The minimum atomic E-state index is -1.11. The number of likely N-dealkylation sites (tertiary alicyclic amines) is 1. The van der Waals surface area contributed by atoms with Crippen LogP contribution >= 0.6 is 0 Å². The molecule has 0 aliphatic carbocycles. The van der Waals surface area contributed by atoms with E-state index in [-0.39, 0.29) is 17.8 Å². The second kappa shape index (κ2) is 8.23. The van der Waals surface area contributed by atoms with Crippen molar-refractivity contribution in [3.05, 3.63) is 71.5 Å². The lowest BCUT2D eigenvalue weighted by molar-refractivity contribution is -0.143. The summed E-state index contributed by atoms with van der Waals surface area (Å²) in [6.45, 7) is 1.57. The smallest absolute Gasteiger partial charge is 0.256 e. The summed E-state index contributed by atoms with van der Waals surface area (Å²) in [6, 6.07) is 15.2. The molecule has 1 heterocycles. The summed E-state index contributed by atoms with van der Waals surface area (Å²) in [5.41, 5.74) is 1.54. The first kappa shape index (κ1) is 17.6. The number of nitrogens with zero attached hydrogens (tertiary/aromatic N) is 1. The highest BCUT2D eigenvalue weighted by molar-refractivity contribution is 5.82. The van der Waals surface area contributed by atoms with Crippen molar-refractivity contribution in [2.24, 2.45) is 0 Å². The molecule has 3 rings (SSSR count). The Hall–Kier alpha value is -2.24. The third-order valence-electron chi connectivity index (χ3n) is 4.50. The average molecular weight is 343 g/mol. The molecule has 1 N–H and O–H groups in total. The minimum Gasteiger partial charge on any atom is -0.378 e. The number of carbonyl (C=O) groups is 1. The normalized spacial score (nSPS) is 16.6. The molecule has 0 bridgehead atoms. The fraction of sp³-hybridized carbons (Fsp3) is 0.350. The molecule has 1 fully saturated rings. The number of amides is 1. The molecular formula is C20H22FNO3. The fourth-order valence-electron chi connectivity index (χ4n) is 2.99. The van der Waals surface area contributed by atoms with Gasteiger partial charge < -0.3 is 14.7 Å². The molecule has 0 saturated carbocycles. The second-order valence-corrected chi connectivity index (χ2v) is 6.28. The monoisotopic (exact) mass is 343 g/mol. The van der Waals surface area contributed by atoms with Gasteiger partial charge in [-0.1, -0.05) is 42.5 Å². The van der Waals surface area contributed by atoms with Crippen molar-refractivity contribution in [3.8, 4) is 0 Å². The molecule has 0 aromatic heterocycles. The highest BCUT2D eigenvalue weighted by Crippen LogP contribution is 2.21. The molecule has 0 radical (unpaired) electrons. The summed E-state index contributed by atoms with van der Waals surface area (Å²) >= 11 is 0. The molecule has 2 aromatic rings. The number of hydrogen-bond donors (Lipinski definition) is 1. The Morgan fingerprint density at radius 3 is 2.40 bits per heavy atom. The maximum Gasteiger partial charge on any atom is 0.256 e. The Morgan fingerprint density at radius 1 is 1.12 bits per heavy atom. The van der Waals surface area contributed by atoms with Gasteiger partial charge in [0.05, 0.1) is 12.7 Å². The number of halogens is 1. The minimum absolute atomic E-state index is 0.0722. The van der Waals surface area contributed by atoms with Crippen LogP contribution in [0, 0.1) is 5.82 Å². The predicted octanol–water partition coefficient (Wildman–Crippen LogP) is 3.07. The summed E-state index contributed by atoms with van der Waals surface area (Å²) in [6.07, 6.45) is 0.420. The van der Waals surface area contributed by atoms with Gasteiger partial charge in [-0.25, -0.2) is 4.39 Å². The van der Waals surface area contributed by atoms with Crippen LogP contribution in [0.4, 0.5) is 4.39 Å². The molecule has 2 aromatic carbocycles. The molecule has 0 spiro atoms. The third kappa shape index (κ3) is 4.65. The van der Waals surface area contributed by atoms with Crippen molar-refractivity contribution in [1.29, 1.82) is 0 Å². The molecule has 25 heavy (non-hydrogen) atoms. The molecule has 0 unspecified atom stereocenters. The first-order chi connectivity index (χ1) is 12.1. The van der Waals surface area contributed by atoms with Gasteiger partial charge in [-0.3, -0.25) is 4.79 Å². The molecule has 1 aliphatic heterocycles. The van der Waals surface area contributed by atoms with Gasteiger partial charge in [-0.05, 0) is 36.1 Å². The van der Waals surface area contributed by atoms with Gasteiger partial charge in [-0.2, -0.15) is 0 Å². The topological polar surface area (TPSA) is 49.8 Å². The van der Waals surface area contributed by atoms with Crippen LogP contribution in [0.1, 0.15) is 30.1 Å². The first-order valence-corrected chi connectivity index (χ1v) is 8.51. The number of benzene rings is 2. The Morgan fingerprint density at radius 2 is 1.76 bits per heavy atom. The van der Waals surface area contributed by atoms with Crippen LogP contribution in [0.25, 0.3) is 0 Å². The van der Waals surface area contributed by atoms with Crippen LogP contribution < -0.4 is 0 Å². The van der Waals surface area contributed by atoms with E-state index < -0.39 is 6.10 Å². The zero-order valence-corrected chi connectivity index (χ0v) is 14.0. The maximum absolute atomic E-state index is 12.9. The van der Waals surface area contributed by atoms with Crippen molar-refractivity contribution in [1.82, 2.24) is 4.90 Å². The molecular weight excluding hydrogens is 321 g/mol. The average Bonchev–Trinajstić information content (AvgIpc) is 2.67. The summed E-state index contributed by atoms with van der Waals surface area (Å²) < 4.78 is 18.7. The molecule has 4 nitrogen and oxygen atoms in total. The van der Waals surface area contributed by atoms with Crippen LogP contribution in [-0.4, -0.2) is 35.1 Å². The van der Waals surface area contributed by atoms with E-state index in [1.54, 1.807) is 41.3 Å². The highest BCUT2D eigenvalue weighted by Gasteiger charge is 2.28. The number of ether oxygens (including phenoxy) is 1. The van der Waals surface area contributed by atoms with E-state index in [0.29, 0.717) is 25.3 Å². The van der Waals surface area contributed by atoms with E-state index in [1.807, 2.05) is 6.07 Å². The van der Waals surface area contributed by atoms with Crippen LogP contribution in [0.15, 0.2) is 54.6 Å². The Labute approximate surface area is 146 Å². The number of piperidine rings is 1. The van der Waals surface area contributed by atoms with Crippen molar-refractivity contribution < 1.29 is 19.0 Å². The van der Waals surface area contributed by atoms with E-state index in [9.17, 15) is 14.3 Å². The molecule has 1 atom stereocenters. The molecule has 1 amide bonds. The summed E-state index contributed by atoms with van der Waals surface area (Å²) in [5, 5.41) is 10.2. The highest BCUT2D eigenvalue weighted by atomic mass is 19.1. The lowest BCUT2D eigenvalue weighted by atomic mass is 10.0. The number of aliphatic hydroxyl groups excluding tert-OH is 1. The number of aliphatic hydroxyl groups is 1. The Balaban J connectivity index is 1.46. The zero-order chi connectivity index (χ0) is 17.6. The van der Waals surface area contributed by atoms with Crippen LogP contribution in [-0.2, 0) is 16.1 Å². The SMILES string of the molecule is O=C([C@@H](O)c1ccccc1)N1CCC(OCc2ccc(F)cc2)CC1. The Bertz CT molecular complexity index is 682. The van der Waals surface area contributed by atoms with Crippen LogP contribution in [0.3, 0.4) is 0 Å². The van der Waals surface area contributed by atoms with E-state index in [2.05, 4.69) is 0 Å². The lowest BCUT2D eigenvalue weighted by Crippen LogP contribution is -2.43. The van der Waals surface area contributed by atoms with Crippen molar-refractivity contribution >= 4 is 5.91 Å². The van der Waals surface area contributed by atoms with E-state index in [4.69, 9.17) is 4.74 Å². The van der Waals surface area contributed by atoms with Gasteiger partial charge in [0.15, 0.2) is 6.10 Å². The zero-order valence-electron chi connectivity index (χ0n) is 14.0. The largest absolute Gasteiger partial charge is 0.378 e. The van der Waals surface area contributed by atoms with Gasteiger partial charge in [0.25, 0.3) is 5.91 Å².